The van der Waals surface area contributed by atoms with Crippen LogP contribution < -0.4 is 4.74 Å². The summed E-state index contributed by atoms with van der Waals surface area (Å²) in [5.41, 5.74) is 0.541. The highest BCUT2D eigenvalue weighted by atomic mass is 32.2. The van der Waals surface area contributed by atoms with Crippen LogP contribution in [-0.4, -0.2) is 21.3 Å². The van der Waals surface area contributed by atoms with Gasteiger partial charge in [-0.05, 0) is 17.7 Å². The first-order chi connectivity index (χ1) is 6.87. The van der Waals surface area contributed by atoms with Gasteiger partial charge in [0.1, 0.15) is 5.75 Å². The maximum atomic E-state index is 11.8. The molecule has 0 aliphatic heterocycles. The molecule has 0 saturated heterocycles. The lowest BCUT2D eigenvalue weighted by Crippen LogP contribution is -2.03. The average molecular weight is 236 g/mol. The van der Waals surface area contributed by atoms with E-state index in [2.05, 4.69) is 4.74 Å². The van der Waals surface area contributed by atoms with Gasteiger partial charge in [0, 0.05) is 6.26 Å². The van der Waals surface area contributed by atoms with Crippen LogP contribution in [0.15, 0.2) is 24.3 Å². The first-order valence-electron chi connectivity index (χ1n) is 4.08. The Bertz CT molecular complexity index is 411. The Morgan fingerprint density at radius 2 is 1.80 bits per heavy atom. The smallest absolute Gasteiger partial charge is 0.387 e. The van der Waals surface area contributed by atoms with Crippen molar-refractivity contribution in [3.05, 3.63) is 29.8 Å². The van der Waals surface area contributed by atoms with Crippen molar-refractivity contribution in [2.75, 3.05) is 6.26 Å². The van der Waals surface area contributed by atoms with Gasteiger partial charge < -0.3 is 4.74 Å². The van der Waals surface area contributed by atoms with Crippen LogP contribution in [0.2, 0.25) is 0 Å². The molecule has 15 heavy (non-hydrogen) atoms. The summed E-state index contributed by atoms with van der Waals surface area (Å²) in [6, 6.07) is 5.51. The summed E-state index contributed by atoms with van der Waals surface area (Å²) in [5.74, 6) is -0.0932. The molecule has 0 bridgehead atoms. The van der Waals surface area contributed by atoms with Gasteiger partial charge in [-0.15, -0.1) is 0 Å². The Labute approximate surface area is 86.6 Å². The van der Waals surface area contributed by atoms with Crippen molar-refractivity contribution in [3.63, 3.8) is 0 Å². The number of sulfone groups is 1. The van der Waals surface area contributed by atoms with E-state index in [9.17, 15) is 17.2 Å². The molecule has 84 valence electrons. The van der Waals surface area contributed by atoms with Gasteiger partial charge in [-0.1, -0.05) is 12.1 Å². The first-order valence-corrected chi connectivity index (χ1v) is 6.14. The molecule has 0 amide bonds. The second kappa shape index (κ2) is 4.57. The summed E-state index contributed by atoms with van der Waals surface area (Å²) in [6.45, 7) is -2.87. The topological polar surface area (TPSA) is 43.4 Å². The standard InChI is InChI=1S/C9H10F2O3S/c1-15(12,13)6-7-2-4-8(5-3-7)14-9(10)11/h2-5,9H,6H2,1H3. The van der Waals surface area contributed by atoms with E-state index in [1.54, 1.807) is 0 Å². The number of rotatable bonds is 4. The van der Waals surface area contributed by atoms with Crippen LogP contribution in [0.3, 0.4) is 0 Å². The Balaban J connectivity index is 2.73. The normalized spacial score (nSPS) is 11.7. The van der Waals surface area contributed by atoms with Crippen molar-refractivity contribution in [2.24, 2.45) is 0 Å². The van der Waals surface area contributed by atoms with Gasteiger partial charge in [-0.3, -0.25) is 0 Å². The number of hydrogen-bond donors (Lipinski definition) is 0. The third-order valence-corrected chi connectivity index (χ3v) is 2.44. The fourth-order valence-electron chi connectivity index (χ4n) is 1.07. The predicted molar refractivity (Wildman–Crippen MR) is 51.6 cm³/mol. The van der Waals surface area contributed by atoms with Crippen LogP contribution in [0.25, 0.3) is 0 Å². The van der Waals surface area contributed by atoms with Gasteiger partial charge in [0.05, 0.1) is 5.75 Å². The summed E-state index contributed by atoms with van der Waals surface area (Å²) >= 11 is 0. The SMILES string of the molecule is CS(=O)(=O)Cc1ccc(OC(F)F)cc1. The monoisotopic (exact) mass is 236 g/mol. The van der Waals surface area contributed by atoms with Crippen LogP contribution in [-0.2, 0) is 15.6 Å². The van der Waals surface area contributed by atoms with Crippen LogP contribution >= 0.6 is 0 Å². The van der Waals surface area contributed by atoms with E-state index in [0.717, 1.165) is 6.26 Å². The average Bonchev–Trinajstić information content (AvgIpc) is 2.05. The maximum Gasteiger partial charge on any atom is 0.387 e. The van der Waals surface area contributed by atoms with Crippen molar-refractivity contribution >= 4 is 9.84 Å². The van der Waals surface area contributed by atoms with E-state index >= 15 is 0 Å². The Morgan fingerprint density at radius 1 is 1.27 bits per heavy atom. The summed E-state index contributed by atoms with van der Waals surface area (Å²) in [7, 11) is -3.10. The molecule has 6 heteroatoms. The highest BCUT2D eigenvalue weighted by Crippen LogP contribution is 2.15. The Morgan fingerprint density at radius 3 is 2.20 bits per heavy atom. The molecular formula is C9H10F2O3S. The van der Waals surface area contributed by atoms with Crippen molar-refractivity contribution in [2.45, 2.75) is 12.4 Å². The van der Waals surface area contributed by atoms with E-state index < -0.39 is 16.4 Å². The Hall–Kier alpha value is -1.17. The molecule has 0 aliphatic rings. The van der Waals surface area contributed by atoms with Gasteiger partial charge in [0.25, 0.3) is 0 Å². The third-order valence-electron chi connectivity index (χ3n) is 1.58. The number of alkyl halides is 2. The van der Waals surface area contributed by atoms with Crippen LogP contribution in [0.4, 0.5) is 8.78 Å². The quantitative estimate of drug-likeness (QED) is 0.801. The second-order valence-electron chi connectivity index (χ2n) is 3.09. The van der Waals surface area contributed by atoms with Crippen molar-refractivity contribution in [1.29, 1.82) is 0 Å². The largest absolute Gasteiger partial charge is 0.435 e. The molecule has 1 aromatic rings. The van der Waals surface area contributed by atoms with E-state index in [4.69, 9.17) is 0 Å². The van der Waals surface area contributed by atoms with Gasteiger partial charge in [0.2, 0.25) is 0 Å². The summed E-state index contributed by atoms with van der Waals surface area (Å²) < 4.78 is 49.5. The first kappa shape index (κ1) is 11.9. The summed E-state index contributed by atoms with van der Waals surface area (Å²) in [4.78, 5) is 0. The van der Waals surface area contributed by atoms with Crippen molar-refractivity contribution < 1.29 is 21.9 Å². The minimum atomic E-state index is -3.10. The predicted octanol–water partition coefficient (Wildman–Crippen LogP) is 1.83. The highest BCUT2D eigenvalue weighted by molar-refractivity contribution is 7.89. The minimum absolute atomic E-state index is 0.0160. The molecular weight excluding hydrogens is 226 g/mol. The molecule has 0 saturated carbocycles. The van der Waals surface area contributed by atoms with E-state index in [-0.39, 0.29) is 11.5 Å². The molecule has 0 aliphatic carbocycles. The lowest BCUT2D eigenvalue weighted by Gasteiger charge is -2.04. The molecule has 3 nitrogen and oxygen atoms in total. The second-order valence-corrected chi connectivity index (χ2v) is 5.23. The molecule has 0 N–H and O–H groups in total. The molecule has 0 unspecified atom stereocenters. The Kier molecular flexibility index (Phi) is 3.62. The fraction of sp³-hybridized carbons (Fsp3) is 0.333. The number of benzene rings is 1. The zero-order valence-electron chi connectivity index (χ0n) is 7.98. The fourth-order valence-corrected chi connectivity index (χ4v) is 1.87. The van der Waals surface area contributed by atoms with Crippen molar-refractivity contribution in [1.82, 2.24) is 0 Å². The third kappa shape index (κ3) is 4.73. The number of hydrogen-bond acceptors (Lipinski definition) is 3. The minimum Gasteiger partial charge on any atom is -0.435 e. The zero-order chi connectivity index (χ0) is 11.5. The molecule has 0 aromatic heterocycles. The van der Waals surface area contributed by atoms with E-state index in [1.807, 2.05) is 0 Å². The molecule has 0 heterocycles. The molecule has 1 rings (SSSR count). The van der Waals surface area contributed by atoms with Crippen LogP contribution in [0.1, 0.15) is 5.56 Å². The highest BCUT2D eigenvalue weighted by Gasteiger charge is 2.06. The number of ether oxygens (including phenoxy) is 1. The lowest BCUT2D eigenvalue weighted by atomic mass is 10.2. The van der Waals surface area contributed by atoms with Gasteiger partial charge in [0.15, 0.2) is 9.84 Å². The van der Waals surface area contributed by atoms with E-state index in [1.165, 1.54) is 24.3 Å². The molecule has 0 spiro atoms. The summed E-state index contributed by atoms with van der Waals surface area (Å²) in [6.07, 6.45) is 1.11. The lowest BCUT2D eigenvalue weighted by molar-refractivity contribution is -0.0498. The maximum absolute atomic E-state index is 11.8. The van der Waals surface area contributed by atoms with Crippen LogP contribution in [0, 0.1) is 0 Å². The van der Waals surface area contributed by atoms with E-state index in [0.29, 0.717) is 5.56 Å². The van der Waals surface area contributed by atoms with Gasteiger partial charge in [-0.2, -0.15) is 8.78 Å². The molecule has 0 fully saturated rings. The van der Waals surface area contributed by atoms with Gasteiger partial charge in [-0.25, -0.2) is 8.42 Å². The summed E-state index contributed by atoms with van der Waals surface area (Å²) in [5, 5.41) is 0. The van der Waals surface area contributed by atoms with Crippen molar-refractivity contribution in [3.8, 4) is 5.75 Å². The number of halogens is 2. The molecule has 1 aromatic carbocycles. The zero-order valence-corrected chi connectivity index (χ0v) is 8.80. The van der Waals surface area contributed by atoms with Gasteiger partial charge >= 0.3 is 6.61 Å². The van der Waals surface area contributed by atoms with Crippen LogP contribution in [0.5, 0.6) is 5.75 Å². The molecule has 0 atom stereocenters. The molecule has 0 radical (unpaired) electrons.